The second kappa shape index (κ2) is 18.7. The number of hydrogen-bond acceptors (Lipinski definition) is 5. The average molecular weight is 430 g/mol. The molecular formula is C24H51N3OS. The summed E-state index contributed by atoms with van der Waals surface area (Å²) in [5, 5.41) is 7.36. The van der Waals surface area contributed by atoms with Crippen molar-refractivity contribution in [2.24, 2.45) is 0 Å². The highest BCUT2D eigenvalue weighted by atomic mass is 32.2. The van der Waals surface area contributed by atoms with E-state index in [1.54, 1.807) is 6.92 Å². The van der Waals surface area contributed by atoms with Gasteiger partial charge < -0.3 is 15.5 Å². The molecule has 2 N–H and O–H groups in total. The summed E-state index contributed by atoms with van der Waals surface area (Å²) in [7, 11) is 0. The van der Waals surface area contributed by atoms with E-state index in [4.69, 9.17) is 0 Å². The first-order valence-electron chi connectivity index (χ1n) is 12.3. The van der Waals surface area contributed by atoms with Gasteiger partial charge in [0.25, 0.3) is 0 Å². The molecule has 0 aromatic heterocycles. The fourth-order valence-corrected chi connectivity index (χ4v) is 5.10. The Morgan fingerprint density at radius 1 is 1.07 bits per heavy atom. The van der Waals surface area contributed by atoms with E-state index < -0.39 is 0 Å². The molecule has 0 saturated carbocycles. The number of piperazine rings is 1. The highest BCUT2D eigenvalue weighted by Crippen LogP contribution is 2.34. The zero-order valence-corrected chi connectivity index (χ0v) is 21.3. The number of ketones is 1. The Hall–Kier alpha value is -0.100. The van der Waals surface area contributed by atoms with Crippen LogP contribution in [-0.2, 0) is 4.79 Å². The zero-order chi connectivity index (χ0) is 22.0. The molecule has 0 amide bonds. The van der Waals surface area contributed by atoms with E-state index in [1.807, 2.05) is 25.6 Å². The van der Waals surface area contributed by atoms with Gasteiger partial charge in [0.2, 0.25) is 0 Å². The van der Waals surface area contributed by atoms with Crippen LogP contribution in [0.15, 0.2) is 0 Å². The highest BCUT2D eigenvalue weighted by molar-refractivity contribution is 8.01. The second-order valence-corrected chi connectivity index (χ2v) is 10.2. The summed E-state index contributed by atoms with van der Waals surface area (Å²) in [6.07, 6.45) is 11.3. The predicted octanol–water partition coefficient (Wildman–Crippen LogP) is 5.47. The van der Waals surface area contributed by atoms with Gasteiger partial charge in [-0.05, 0) is 53.1 Å². The Balaban J connectivity index is 0.00000379. The summed E-state index contributed by atoms with van der Waals surface area (Å²) in [6, 6.07) is 0. The summed E-state index contributed by atoms with van der Waals surface area (Å²) in [5.74, 6) is 0.322. The van der Waals surface area contributed by atoms with Crippen LogP contribution in [0.25, 0.3) is 0 Å². The molecule has 2 atom stereocenters. The Morgan fingerprint density at radius 2 is 1.69 bits per heavy atom. The van der Waals surface area contributed by atoms with Gasteiger partial charge >= 0.3 is 0 Å². The van der Waals surface area contributed by atoms with Crippen LogP contribution in [0, 0.1) is 0 Å². The molecular weight excluding hydrogens is 378 g/mol. The summed E-state index contributed by atoms with van der Waals surface area (Å²) >= 11 is 1.83. The van der Waals surface area contributed by atoms with Crippen molar-refractivity contribution in [2.75, 3.05) is 39.3 Å². The molecule has 5 heteroatoms. The van der Waals surface area contributed by atoms with Crippen LogP contribution in [0.4, 0.5) is 0 Å². The number of Topliss-reactive ketones (excluding diaryl/α,β-unsaturated/α-hetero) is 1. The Kier molecular flexibility index (Phi) is 18.6. The number of carbonyl (C=O) groups is 1. The summed E-state index contributed by atoms with van der Waals surface area (Å²) in [5.41, 5.74) is 0. The first-order chi connectivity index (χ1) is 14.0. The fraction of sp³-hybridized carbons (Fsp3) is 0.958. The van der Waals surface area contributed by atoms with Crippen molar-refractivity contribution in [3.05, 3.63) is 0 Å². The van der Waals surface area contributed by atoms with Gasteiger partial charge in [0.15, 0.2) is 0 Å². The molecule has 0 bridgehead atoms. The van der Waals surface area contributed by atoms with E-state index in [9.17, 15) is 4.79 Å². The molecule has 0 spiro atoms. The second-order valence-electron chi connectivity index (χ2n) is 8.32. The molecule has 4 nitrogen and oxygen atoms in total. The largest absolute Gasteiger partial charge is 0.314 e. The normalized spacial score (nSPS) is 17.9. The fourth-order valence-electron chi connectivity index (χ4n) is 3.69. The Labute approximate surface area is 186 Å². The Morgan fingerprint density at radius 3 is 2.31 bits per heavy atom. The summed E-state index contributed by atoms with van der Waals surface area (Å²) < 4.78 is -0.253. The first-order valence-corrected chi connectivity index (χ1v) is 13.2. The minimum atomic E-state index is -0.253. The molecule has 0 aliphatic carbocycles. The first kappa shape index (κ1) is 28.9. The molecule has 2 unspecified atom stereocenters. The smallest absolute Gasteiger partial charge is 0.145 e. The van der Waals surface area contributed by atoms with Gasteiger partial charge in [-0.25, -0.2) is 0 Å². The van der Waals surface area contributed by atoms with Crippen molar-refractivity contribution in [1.29, 1.82) is 0 Å². The van der Waals surface area contributed by atoms with Crippen molar-refractivity contribution in [3.8, 4) is 0 Å². The van der Waals surface area contributed by atoms with E-state index in [0.29, 0.717) is 11.2 Å². The minimum absolute atomic E-state index is 0.253. The lowest BCUT2D eigenvalue weighted by molar-refractivity contribution is -0.119. The van der Waals surface area contributed by atoms with Gasteiger partial charge in [-0.2, -0.15) is 0 Å². The van der Waals surface area contributed by atoms with Crippen molar-refractivity contribution in [1.82, 2.24) is 15.5 Å². The van der Waals surface area contributed by atoms with Crippen molar-refractivity contribution in [2.45, 2.75) is 109 Å². The molecule has 0 aromatic carbocycles. The van der Waals surface area contributed by atoms with Crippen molar-refractivity contribution >= 4 is 17.5 Å². The van der Waals surface area contributed by atoms with Crippen LogP contribution in [0.1, 0.15) is 99.3 Å². The lowest BCUT2D eigenvalue weighted by atomic mass is 9.99. The third-order valence-electron chi connectivity index (χ3n) is 5.73. The van der Waals surface area contributed by atoms with E-state index in [2.05, 4.69) is 36.3 Å². The van der Waals surface area contributed by atoms with Crippen molar-refractivity contribution in [3.63, 3.8) is 0 Å². The number of thioether (sulfide) groups is 1. The molecule has 1 aliphatic rings. The molecule has 1 fully saturated rings. The van der Waals surface area contributed by atoms with E-state index in [1.165, 1.54) is 51.5 Å². The number of carbonyl (C=O) groups excluding carboxylic acids is 1. The van der Waals surface area contributed by atoms with E-state index in [0.717, 1.165) is 45.6 Å². The molecule has 1 rings (SSSR count). The topological polar surface area (TPSA) is 44.4 Å². The van der Waals surface area contributed by atoms with Gasteiger partial charge in [-0.15, -0.1) is 11.8 Å². The number of nitrogens with one attached hydrogen (secondary N) is 2. The van der Waals surface area contributed by atoms with Crippen LogP contribution in [0.2, 0.25) is 0 Å². The van der Waals surface area contributed by atoms with Gasteiger partial charge in [0.05, 0.1) is 10.1 Å². The SMILES string of the molecule is CC.CCCCCCCCNC(C)SC(C)(CCCCN1CCNCC1)C(C)=O. The third-order valence-corrected chi connectivity index (χ3v) is 7.26. The minimum Gasteiger partial charge on any atom is -0.314 e. The van der Waals surface area contributed by atoms with Crippen molar-refractivity contribution < 1.29 is 4.79 Å². The molecule has 1 aliphatic heterocycles. The van der Waals surface area contributed by atoms with E-state index >= 15 is 0 Å². The van der Waals surface area contributed by atoms with Crippen LogP contribution in [0.3, 0.4) is 0 Å². The van der Waals surface area contributed by atoms with Crippen LogP contribution in [0.5, 0.6) is 0 Å². The maximum Gasteiger partial charge on any atom is 0.145 e. The van der Waals surface area contributed by atoms with Crippen LogP contribution in [-0.4, -0.2) is 60.1 Å². The molecule has 174 valence electrons. The van der Waals surface area contributed by atoms with Gasteiger partial charge in [0.1, 0.15) is 5.78 Å². The average Bonchev–Trinajstić information content (AvgIpc) is 2.72. The summed E-state index contributed by atoms with van der Waals surface area (Å²) in [6.45, 7) is 19.2. The lowest BCUT2D eigenvalue weighted by Crippen LogP contribution is -2.43. The summed E-state index contributed by atoms with van der Waals surface area (Å²) in [4.78, 5) is 14.8. The predicted molar refractivity (Wildman–Crippen MR) is 132 cm³/mol. The zero-order valence-electron chi connectivity index (χ0n) is 20.4. The molecule has 0 radical (unpaired) electrons. The van der Waals surface area contributed by atoms with Gasteiger partial charge in [-0.1, -0.05) is 59.3 Å². The number of hydrogen-bond donors (Lipinski definition) is 2. The quantitative estimate of drug-likeness (QED) is 0.252. The maximum atomic E-state index is 12.3. The molecule has 1 heterocycles. The van der Waals surface area contributed by atoms with Gasteiger partial charge in [-0.3, -0.25) is 4.79 Å². The van der Waals surface area contributed by atoms with Crippen LogP contribution < -0.4 is 10.6 Å². The standard InChI is InChI=1S/C22H45N3OS.C2H6/c1-5-6-7-8-9-11-14-24-21(3)27-22(4,20(2)26)13-10-12-17-25-18-15-23-16-19-25;1-2/h21,23-24H,5-19H2,1-4H3;1-2H3. The lowest BCUT2D eigenvalue weighted by Gasteiger charge is -2.31. The number of rotatable bonds is 16. The van der Waals surface area contributed by atoms with Gasteiger partial charge in [0, 0.05) is 26.2 Å². The van der Waals surface area contributed by atoms with E-state index in [-0.39, 0.29) is 4.75 Å². The van der Waals surface area contributed by atoms with Crippen LogP contribution >= 0.6 is 11.8 Å². The molecule has 29 heavy (non-hydrogen) atoms. The number of nitrogens with zero attached hydrogens (tertiary/aromatic N) is 1. The number of unbranched alkanes of at least 4 members (excludes halogenated alkanes) is 6. The molecule has 1 saturated heterocycles. The maximum absolute atomic E-state index is 12.3. The Bertz CT molecular complexity index is 388. The highest BCUT2D eigenvalue weighted by Gasteiger charge is 2.31. The molecule has 0 aromatic rings. The monoisotopic (exact) mass is 429 g/mol. The third kappa shape index (κ3) is 14.5.